The number of carbonyl (C=O) groups is 2. The second-order valence-electron chi connectivity index (χ2n) is 6.78. The number of aromatic nitrogens is 2. The van der Waals surface area contributed by atoms with Crippen LogP contribution in [0.25, 0.3) is 0 Å². The van der Waals surface area contributed by atoms with E-state index < -0.39 is 0 Å². The molecule has 1 N–H and O–H groups in total. The highest BCUT2D eigenvalue weighted by molar-refractivity contribution is 5.92. The molecule has 0 atom stereocenters. The fourth-order valence-corrected chi connectivity index (χ4v) is 2.93. The van der Waals surface area contributed by atoms with Crippen molar-refractivity contribution < 1.29 is 9.59 Å². The molecule has 0 aliphatic rings. The monoisotopic (exact) mass is 382 g/mol. The first-order chi connectivity index (χ1) is 13.7. The van der Waals surface area contributed by atoms with Gasteiger partial charge in [0, 0.05) is 38.4 Å². The average molecular weight is 383 g/mol. The molecule has 0 spiro atoms. The lowest BCUT2D eigenvalue weighted by molar-refractivity contribution is -0.121. The Bertz CT molecular complexity index is 707. The maximum atomic E-state index is 12.7. The van der Waals surface area contributed by atoms with Crippen molar-refractivity contribution in [1.82, 2.24) is 20.2 Å². The summed E-state index contributed by atoms with van der Waals surface area (Å²) >= 11 is 0. The van der Waals surface area contributed by atoms with Crippen LogP contribution in [-0.4, -0.2) is 46.3 Å². The fraction of sp³-hybridized carbons (Fsp3) is 0.455. The molecule has 0 radical (unpaired) electrons. The third kappa shape index (κ3) is 7.86. The van der Waals surface area contributed by atoms with Crippen LogP contribution in [0.1, 0.15) is 55.1 Å². The number of rotatable bonds is 12. The Morgan fingerprint density at radius 3 is 2.57 bits per heavy atom. The summed E-state index contributed by atoms with van der Waals surface area (Å²) in [6.07, 6.45) is 9.90. The van der Waals surface area contributed by atoms with Gasteiger partial charge in [-0.15, -0.1) is 0 Å². The van der Waals surface area contributed by atoms with Crippen LogP contribution in [0, 0.1) is 0 Å². The van der Waals surface area contributed by atoms with E-state index in [1.165, 1.54) is 18.0 Å². The minimum absolute atomic E-state index is 0.0403. The van der Waals surface area contributed by atoms with E-state index in [-0.39, 0.29) is 18.2 Å². The summed E-state index contributed by atoms with van der Waals surface area (Å²) in [5.41, 5.74) is 1.51. The van der Waals surface area contributed by atoms with Crippen LogP contribution in [0.2, 0.25) is 0 Å². The van der Waals surface area contributed by atoms with Crippen molar-refractivity contribution in [3.63, 3.8) is 0 Å². The Balaban J connectivity index is 1.81. The third-order valence-electron chi connectivity index (χ3n) is 4.54. The van der Waals surface area contributed by atoms with Gasteiger partial charge < -0.3 is 10.2 Å². The zero-order chi connectivity index (χ0) is 20.0. The van der Waals surface area contributed by atoms with E-state index in [1.807, 2.05) is 30.3 Å². The molecule has 150 valence electrons. The molecule has 0 aliphatic carbocycles. The predicted octanol–water partition coefficient (Wildman–Crippen LogP) is 3.25. The van der Waals surface area contributed by atoms with Gasteiger partial charge in [0.2, 0.25) is 5.91 Å². The van der Waals surface area contributed by atoms with Crippen LogP contribution in [0.3, 0.4) is 0 Å². The van der Waals surface area contributed by atoms with Gasteiger partial charge in [0.15, 0.2) is 0 Å². The van der Waals surface area contributed by atoms with Crippen LogP contribution in [0.15, 0.2) is 48.9 Å². The van der Waals surface area contributed by atoms with Gasteiger partial charge in [-0.2, -0.15) is 0 Å². The Kier molecular flexibility index (Phi) is 9.69. The summed E-state index contributed by atoms with van der Waals surface area (Å²) in [5.74, 6) is -0.205. The number of carbonyl (C=O) groups excluding carboxylic acids is 2. The quantitative estimate of drug-likeness (QED) is 0.572. The lowest BCUT2D eigenvalue weighted by Gasteiger charge is -2.22. The van der Waals surface area contributed by atoms with Crippen molar-refractivity contribution in [2.75, 3.05) is 19.6 Å². The lowest BCUT2D eigenvalue weighted by Crippen LogP contribution is -2.36. The van der Waals surface area contributed by atoms with Crippen molar-refractivity contribution in [2.45, 2.75) is 45.4 Å². The third-order valence-corrected chi connectivity index (χ3v) is 4.54. The van der Waals surface area contributed by atoms with Gasteiger partial charge in [0.25, 0.3) is 5.91 Å². The largest absolute Gasteiger partial charge is 0.356 e. The predicted molar refractivity (Wildman–Crippen MR) is 110 cm³/mol. The van der Waals surface area contributed by atoms with Crippen molar-refractivity contribution in [3.8, 4) is 0 Å². The molecule has 6 heteroatoms. The Morgan fingerprint density at radius 1 is 1.04 bits per heavy atom. The molecule has 0 bridgehead atoms. The molecule has 0 fully saturated rings. The van der Waals surface area contributed by atoms with E-state index in [1.54, 1.807) is 11.1 Å². The first kappa shape index (κ1) is 21.5. The standard InChI is InChI=1S/C22H30N4O2/c1-2-3-4-8-16-26(22(28)20-18-23-14-15-24-20)17-12-21(27)25-13-11-19-9-6-5-7-10-19/h5-7,9-10,14-15,18H,2-4,8,11-13,16-17H2,1H3,(H,25,27). The van der Waals surface area contributed by atoms with Gasteiger partial charge >= 0.3 is 0 Å². The first-order valence-electron chi connectivity index (χ1n) is 10.1. The molecule has 0 saturated carbocycles. The number of nitrogens with zero attached hydrogens (tertiary/aromatic N) is 3. The summed E-state index contributed by atoms with van der Waals surface area (Å²) in [6, 6.07) is 10.1. The topological polar surface area (TPSA) is 75.2 Å². The van der Waals surface area contributed by atoms with E-state index in [0.717, 1.165) is 32.1 Å². The molecule has 1 aromatic carbocycles. The SMILES string of the molecule is CCCCCCN(CCC(=O)NCCc1ccccc1)C(=O)c1cnccn1. The fourth-order valence-electron chi connectivity index (χ4n) is 2.93. The van der Waals surface area contributed by atoms with Gasteiger partial charge in [-0.3, -0.25) is 14.6 Å². The van der Waals surface area contributed by atoms with E-state index in [9.17, 15) is 9.59 Å². The Hall–Kier alpha value is -2.76. The molecule has 1 aromatic heterocycles. The van der Waals surface area contributed by atoms with E-state index in [4.69, 9.17) is 0 Å². The highest BCUT2D eigenvalue weighted by atomic mass is 16.2. The summed E-state index contributed by atoms with van der Waals surface area (Å²) in [7, 11) is 0. The summed E-state index contributed by atoms with van der Waals surface area (Å²) in [4.78, 5) is 34.7. The maximum absolute atomic E-state index is 12.7. The molecule has 2 aromatic rings. The smallest absolute Gasteiger partial charge is 0.274 e. The van der Waals surface area contributed by atoms with Crippen LogP contribution < -0.4 is 5.32 Å². The van der Waals surface area contributed by atoms with E-state index >= 15 is 0 Å². The molecule has 2 amide bonds. The minimum Gasteiger partial charge on any atom is -0.356 e. The number of hydrogen-bond donors (Lipinski definition) is 1. The zero-order valence-electron chi connectivity index (χ0n) is 16.6. The zero-order valence-corrected chi connectivity index (χ0v) is 16.6. The number of amides is 2. The van der Waals surface area contributed by atoms with Crippen LogP contribution >= 0.6 is 0 Å². The van der Waals surface area contributed by atoms with Crippen molar-refractivity contribution in [1.29, 1.82) is 0 Å². The average Bonchev–Trinajstić information content (AvgIpc) is 2.74. The highest BCUT2D eigenvalue weighted by Crippen LogP contribution is 2.07. The van der Waals surface area contributed by atoms with Gasteiger partial charge in [-0.1, -0.05) is 56.5 Å². The molecule has 0 saturated heterocycles. The second kappa shape index (κ2) is 12.6. The van der Waals surface area contributed by atoms with E-state index in [0.29, 0.717) is 25.3 Å². The summed E-state index contributed by atoms with van der Waals surface area (Å²) < 4.78 is 0. The van der Waals surface area contributed by atoms with Crippen molar-refractivity contribution in [2.24, 2.45) is 0 Å². The second-order valence-corrected chi connectivity index (χ2v) is 6.78. The molecule has 28 heavy (non-hydrogen) atoms. The Morgan fingerprint density at radius 2 is 1.86 bits per heavy atom. The van der Waals surface area contributed by atoms with Crippen LogP contribution in [0.4, 0.5) is 0 Å². The molecular weight excluding hydrogens is 352 g/mol. The maximum Gasteiger partial charge on any atom is 0.274 e. The molecular formula is C22H30N4O2. The van der Waals surface area contributed by atoms with Gasteiger partial charge in [-0.25, -0.2) is 4.98 Å². The van der Waals surface area contributed by atoms with E-state index in [2.05, 4.69) is 22.2 Å². The normalized spacial score (nSPS) is 10.5. The van der Waals surface area contributed by atoms with Crippen molar-refractivity contribution >= 4 is 11.8 Å². The lowest BCUT2D eigenvalue weighted by atomic mass is 10.1. The van der Waals surface area contributed by atoms with Crippen LogP contribution in [-0.2, 0) is 11.2 Å². The number of nitrogens with one attached hydrogen (secondary N) is 1. The molecule has 2 rings (SSSR count). The first-order valence-corrected chi connectivity index (χ1v) is 10.1. The number of unbranched alkanes of at least 4 members (excludes halogenated alkanes) is 3. The molecule has 6 nitrogen and oxygen atoms in total. The summed E-state index contributed by atoms with van der Waals surface area (Å²) in [6.45, 7) is 3.77. The van der Waals surface area contributed by atoms with Crippen molar-refractivity contribution in [3.05, 3.63) is 60.2 Å². The number of benzene rings is 1. The highest BCUT2D eigenvalue weighted by Gasteiger charge is 2.18. The van der Waals surface area contributed by atoms with Gasteiger partial charge in [0.1, 0.15) is 5.69 Å². The number of hydrogen-bond acceptors (Lipinski definition) is 4. The van der Waals surface area contributed by atoms with Gasteiger partial charge in [0.05, 0.1) is 6.20 Å². The molecule has 0 aliphatic heterocycles. The Labute approximate surface area is 167 Å². The minimum atomic E-state index is -0.165. The summed E-state index contributed by atoms with van der Waals surface area (Å²) in [5, 5.41) is 2.94. The molecule has 1 heterocycles. The van der Waals surface area contributed by atoms with Gasteiger partial charge in [-0.05, 0) is 18.4 Å². The molecule has 0 unspecified atom stereocenters. The van der Waals surface area contributed by atoms with Crippen LogP contribution in [0.5, 0.6) is 0 Å².